The predicted octanol–water partition coefficient (Wildman–Crippen LogP) is 3.55. The molecule has 8 heteroatoms. The van der Waals surface area contributed by atoms with Gasteiger partial charge in [0.25, 0.3) is 5.91 Å². The number of carbonyl (C=O) groups is 1. The van der Waals surface area contributed by atoms with Crippen LogP contribution in [0.5, 0.6) is 11.5 Å². The number of hydrogen-bond donors (Lipinski definition) is 1. The summed E-state index contributed by atoms with van der Waals surface area (Å²) >= 11 is 0. The number of rotatable bonds is 7. The molecule has 2 aromatic rings. The third-order valence-electron chi connectivity index (χ3n) is 3.32. The molecule has 0 saturated heterocycles. The van der Waals surface area contributed by atoms with Gasteiger partial charge in [-0.3, -0.25) is 4.79 Å². The summed E-state index contributed by atoms with van der Waals surface area (Å²) in [5.41, 5.74) is 0.429. The third-order valence-corrected chi connectivity index (χ3v) is 3.32. The SMILES string of the molecule is COc1cc(CCNC(=O)c2ccc(F)cc2F)ccc1OC(F)F. The van der Waals surface area contributed by atoms with Crippen LogP contribution in [-0.4, -0.2) is 26.2 Å². The zero-order valence-electron chi connectivity index (χ0n) is 13.2. The average Bonchev–Trinajstić information content (AvgIpc) is 2.55. The lowest BCUT2D eigenvalue weighted by Gasteiger charge is -2.12. The van der Waals surface area contributed by atoms with Crippen molar-refractivity contribution in [2.75, 3.05) is 13.7 Å². The Kier molecular flexibility index (Phi) is 6.21. The van der Waals surface area contributed by atoms with Crippen LogP contribution in [0.3, 0.4) is 0 Å². The highest BCUT2D eigenvalue weighted by molar-refractivity contribution is 5.94. The molecule has 0 spiro atoms. The van der Waals surface area contributed by atoms with Crippen molar-refractivity contribution in [3.8, 4) is 11.5 Å². The second kappa shape index (κ2) is 8.36. The Morgan fingerprint density at radius 3 is 2.52 bits per heavy atom. The summed E-state index contributed by atoms with van der Waals surface area (Å²) in [7, 11) is 1.32. The molecule has 2 aromatic carbocycles. The number of carbonyl (C=O) groups excluding carboxylic acids is 1. The largest absolute Gasteiger partial charge is 0.493 e. The Labute approximate surface area is 141 Å². The van der Waals surface area contributed by atoms with Gasteiger partial charge in [-0.15, -0.1) is 0 Å². The molecule has 0 radical (unpaired) electrons. The first-order valence-electron chi connectivity index (χ1n) is 7.25. The first-order valence-corrected chi connectivity index (χ1v) is 7.25. The highest BCUT2D eigenvalue weighted by atomic mass is 19.3. The zero-order valence-corrected chi connectivity index (χ0v) is 13.2. The number of methoxy groups -OCH3 is 1. The van der Waals surface area contributed by atoms with Crippen LogP contribution in [0.25, 0.3) is 0 Å². The van der Waals surface area contributed by atoms with Gasteiger partial charge in [0.05, 0.1) is 12.7 Å². The van der Waals surface area contributed by atoms with E-state index in [2.05, 4.69) is 10.1 Å². The number of amides is 1. The summed E-state index contributed by atoms with van der Waals surface area (Å²) in [6.07, 6.45) is 0.347. The lowest BCUT2D eigenvalue weighted by molar-refractivity contribution is -0.0512. The highest BCUT2D eigenvalue weighted by Gasteiger charge is 2.13. The van der Waals surface area contributed by atoms with Crippen molar-refractivity contribution in [3.05, 3.63) is 59.2 Å². The van der Waals surface area contributed by atoms with Crippen molar-refractivity contribution in [3.63, 3.8) is 0 Å². The Hall–Kier alpha value is -2.77. The lowest BCUT2D eigenvalue weighted by Crippen LogP contribution is -2.26. The normalized spacial score (nSPS) is 10.6. The molecule has 0 unspecified atom stereocenters. The van der Waals surface area contributed by atoms with E-state index in [1.807, 2.05) is 0 Å². The number of ether oxygens (including phenoxy) is 2. The molecule has 0 aliphatic carbocycles. The van der Waals surface area contributed by atoms with Gasteiger partial charge in [-0.2, -0.15) is 8.78 Å². The smallest absolute Gasteiger partial charge is 0.387 e. The summed E-state index contributed by atoms with van der Waals surface area (Å²) < 4.78 is 60.2. The molecule has 0 fully saturated rings. The average molecular weight is 357 g/mol. The van der Waals surface area contributed by atoms with E-state index in [4.69, 9.17) is 4.74 Å². The van der Waals surface area contributed by atoms with Gasteiger partial charge in [-0.25, -0.2) is 8.78 Å². The van der Waals surface area contributed by atoms with E-state index in [9.17, 15) is 22.4 Å². The zero-order chi connectivity index (χ0) is 18.4. The van der Waals surface area contributed by atoms with Gasteiger partial charge in [0.2, 0.25) is 0 Å². The summed E-state index contributed by atoms with van der Waals surface area (Å²) in [6, 6.07) is 7.06. The van der Waals surface area contributed by atoms with Gasteiger partial charge in [-0.1, -0.05) is 6.07 Å². The molecular formula is C17H15F4NO3. The minimum absolute atomic E-state index is 0.0985. The molecule has 0 atom stereocenters. The summed E-state index contributed by atoms with van der Waals surface area (Å²) in [5, 5.41) is 2.50. The fourth-order valence-corrected chi connectivity index (χ4v) is 2.15. The van der Waals surface area contributed by atoms with Crippen LogP contribution in [0.1, 0.15) is 15.9 Å². The van der Waals surface area contributed by atoms with E-state index >= 15 is 0 Å². The van der Waals surface area contributed by atoms with E-state index in [1.54, 1.807) is 6.07 Å². The number of nitrogens with one attached hydrogen (secondary N) is 1. The minimum atomic E-state index is -2.97. The second-order valence-electron chi connectivity index (χ2n) is 4.99. The number of benzene rings is 2. The molecule has 0 saturated carbocycles. The van der Waals surface area contributed by atoms with Crippen molar-refractivity contribution in [1.29, 1.82) is 0 Å². The van der Waals surface area contributed by atoms with Crippen LogP contribution in [-0.2, 0) is 6.42 Å². The number of hydrogen-bond acceptors (Lipinski definition) is 3. The molecule has 25 heavy (non-hydrogen) atoms. The fraction of sp³-hybridized carbons (Fsp3) is 0.235. The van der Waals surface area contributed by atoms with E-state index in [0.29, 0.717) is 18.1 Å². The van der Waals surface area contributed by atoms with Gasteiger partial charge >= 0.3 is 6.61 Å². The molecule has 0 aliphatic heterocycles. The number of alkyl halides is 2. The van der Waals surface area contributed by atoms with Gasteiger partial charge in [0.1, 0.15) is 11.6 Å². The molecule has 1 N–H and O–H groups in total. The molecule has 0 aromatic heterocycles. The maximum absolute atomic E-state index is 13.5. The third kappa shape index (κ3) is 5.10. The van der Waals surface area contributed by atoms with Crippen LogP contribution in [0.4, 0.5) is 17.6 Å². The first-order chi connectivity index (χ1) is 11.9. The highest BCUT2D eigenvalue weighted by Crippen LogP contribution is 2.29. The van der Waals surface area contributed by atoms with Crippen LogP contribution >= 0.6 is 0 Å². The monoisotopic (exact) mass is 357 g/mol. The summed E-state index contributed by atoms with van der Waals surface area (Å²) in [4.78, 5) is 11.9. The molecule has 1 amide bonds. The minimum Gasteiger partial charge on any atom is -0.493 e. The number of halogens is 4. The maximum atomic E-state index is 13.5. The van der Waals surface area contributed by atoms with Gasteiger partial charge < -0.3 is 14.8 Å². The Morgan fingerprint density at radius 2 is 1.88 bits per heavy atom. The van der Waals surface area contributed by atoms with Crippen LogP contribution < -0.4 is 14.8 Å². The maximum Gasteiger partial charge on any atom is 0.387 e. The van der Waals surface area contributed by atoms with Gasteiger partial charge in [-0.05, 0) is 36.2 Å². The molecule has 0 aliphatic rings. The second-order valence-corrected chi connectivity index (χ2v) is 4.99. The molecule has 0 bridgehead atoms. The van der Waals surface area contributed by atoms with Crippen molar-refractivity contribution < 1.29 is 31.8 Å². The van der Waals surface area contributed by atoms with Gasteiger partial charge in [0.15, 0.2) is 11.5 Å². The van der Waals surface area contributed by atoms with E-state index in [1.165, 1.54) is 19.2 Å². The molecular weight excluding hydrogens is 342 g/mol. The van der Waals surface area contributed by atoms with E-state index in [0.717, 1.165) is 12.1 Å². The van der Waals surface area contributed by atoms with Gasteiger partial charge in [0, 0.05) is 12.6 Å². The quantitative estimate of drug-likeness (QED) is 0.771. The predicted molar refractivity (Wildman–Crippen MR) is 82.0 cm³/mol. The molecule has 0 heterocycles. The summed E-state index contributed by atoms with van der Waals surface area (Å²) in [6.45, 7) is -2.81. The van der Waals surface area contributed by atoms with E-state index in [-0.39, 0.29) is 23.6 Å². The fourth-order valence-electron chi connectivity index (χ4n) is 2.15. The molecule has 4 nitrogen and oxygen atoms in total. The molecule has 134 valence electrons. The van der Waals surface area contributed by atoms with Crippen LogP contribution in [0.2, 0.25) is 0 Å². The van der Waals surface area contributed by atoms with Crippen LogP contribution in [0.15, 0.2) is 36.4 Å². The van der Waals surface area contributed by atoms with Crippen molar-refractivity contribution in [2.24, 2.45) is 0 Å². The summed E-state index contributed by atoms with van der Waals surface area (Å²) in [5.74, 6) is -2.37. The first kappa shape index (κ1) is 18.6. The lowest BCUT2D eigenvalue weighted by atomic mass is 10.1. The Morgan fingerprint density at radius 1 is 1.12 bits per heavy atom. The van der Waals surface area contributed by atoms with E-state index < -0.39 is 24.2 Å². The van der Waals surface area contributed by atoms with Crippen molar-refractivity contribution >= 4 is 5.91 Å². The topological polar surface area (TPSA) is 47.6 Å². The van der Waals surface area contributed by atoms with Crippen molar-refractivity contribution in [2.45, 2.75) is 13.0 Å². The standard InChI is InChI=1S/C17H15F4NO3/c1-24-15-8-10(2-5-14(15)25-17(20)21)6-7-22-16(23)12-4-3-11(18)9-13(12)19/h2-5,8-9,17H,6-7H2,1H3,(H,22,23). The Balaban J connectivity index is 1.96. The van der Waals surface area contributed by atoms with Crippen LogP contribution in [0, 0.1) is 11.6 Å². The molecule has 2 rings (SSSR count). The van der Waals surface area contributed by atoms with Crippen molar-refractivity contribution in [1.82, 2.24) is 5.32 Å². The Bertz CT molecular complexity index is 753.